The maximum Gasteiger partial charge on any atom is 0.573 e. The topological polar surface area (TPSA) is 59.1 Å². The number of hydrogen-bond donors (Lipinski definition) is 0. The maximum absolute atomic E-state index is 13.0. The van der Waals surface area contributed by atoms with Gasteiger partial charge in [0.05, 0.1) is 23.2 Å². The van der Waals surface area contributed by atoms with E-state index in [-0.39, 0.29) is 37.6 Å². The molecule has 0 aromatic heterocycles. The van der Waals surface area contributed by atoms with Crippen LogP contribution in [-0.4, -0.2) is 62.3 Å². The lowest BCUT2D eigenvalue weighted by atomic mass is 10.1. The van der Waals surface area contributed by atoms with Gasteiger partial charge < -0.3 is 9.47 Å². The van der Waals surface area contributed by atoms with E-state index in [9.17, 15) is 34.8 Å². The number of rotatable bonds is 6. The Balaban J connectivity index is 1.34. The second kappa shape index (κ2) is 9.60. The zero-order chi connectivity index (χ0) is 25.4. The van der Waals surface area contributed by atoms with E-state index in [1.165, 1.54) is 28.6 Å². The van der Waals surface area contributed by atoms with E-state index in [0.717, 1.165) is 18.2 Å². The van der Waals surface area contributed by atoms with Gasteiger partial charge in [-0.15, -0.1) is 13.2 Å². The van der Waals surface area contributed by atoms with E-state index in [1.807, 2.05) is 0 Å². The highest BCUT2D eigenvalue weighted by Crippen LogP contribution is 2.33. The third-order valence-electron chi connectivity index (χ3n) is 5.98. The van der Waals surface area contributed by atoms with Gasteiger partial charge >= 0.3 is 12.5 Å². The fraction of sp³-hybridized carbons (Fsp3) is 0.455. The average molecular weight is 524 g/mol. The Labute approximate surface area is 198 Å². The summed E-state index contributed by atoms with van der Waals surface area (Å²) in [6.45, 7) is 1.39. The molecule has 0 bridgehead atoms. The number of halogens is 6. The van der Waals surface area contributed by atoms with Gasteiger partial charge in [0.15, 0.2) is 0 Å². The summed E-state index contributed by atoms with van der Waals surface area (Å²) in [4.78, 5) is 1.67. The van der Waals surface area contributed by atoms with E-state index in [2.05, 4.69) is 9.64 Å². The second-order valence-electron chi connectivity index (χ2n) is 8.40. The molecule has 2 aromatic rings. The molecule has 2 heterocycles. The highest BCUT2D eigenvalue weighted by atomic mass is 32.2. The summed E-state index contributed by atoms with van der Waals surface area (Å²) in [5.74, 6) is -0.332. The molecule has 0 radical (unpaired) electrons. The molecule has 0 N–H and O–H groups in total. The number of piperazine rings is 1. The van der Waals surface area contributed by atoms with Gasteiger partial charge in [-0.2, -0.15) is 17.5 Å². The number of ether oxygens (including phenoxy) is 2. The summed E-state index contributed by atoms with van der Waals surface area (Å²) < 4.78 is 113. The van der Waals surface area contributed by atoms with Gasteiger partial charge in [-0.1, -0.05) is 18.2 Å². The van der Waals surface area contributed by atoms with Crippen molar-refractivity contribution in [3.05, 3.63) is 59.7 Å². The molecule has 2 fully saturated rings. The van der Waals surface area contributed by atoms with Crippen molar-refractivity contribution in [2.45, 2.75) is 42.6 Å². The minimum Gasteiger partial charge on any atom is -0.406 e. The van der Waals surface area contributed by atoms with Gasteiger partial charge in [0.25, 0.3) is 0 Å². The highest BCUT2D eigenvalue weighted by Gasteiger charge is 2.41. The monoisotopic (exact) mass is 524 g/mol. The van der Waals surface area contributed by atoms with Gasteiger partial charge in [0.2, 0.25) is 10.0 Å². The molecule has 2 aromatic carbocycles. The molecule has 2 saturated heterocycles. The van der Waals surface area contributed by atoms with Crippen molar-refractivity contribution in [2.24, 2.45) is 0 Å². The van der Waals surface area contributed by atoms with Gasteiger partial charge in [-0.3, -0.25) is 4.90 Å². The summed E-state index contributed by atoms with van der Waals surface area (Å²) in [5, 5.41) is 0. The predicted molar refractivity (Wildman–Crippen MR) is 112 cm³/mol. The Morgan fingerprint density at radius 3 is 2.31 bits per heavy atom. The largest absolute Gasteiger partial charge is 0.573 e. The first-order valence-electron chi connectivity index (χ1n) is 10.7. The zero-order valence-electron chi connectivity index (χ0n) is 18.2. The molecule has 2 aliphatic heterocycles. The lowest BCUT2D eigenvalue weighted by molar-refractivity contribution is -0.274. The van der Waals surface area contributed by atoms with Crippen LogP contribution in [0.1, 0.15) is 17.5 Å². The number of sulfonamides is 1. The van der Waals surface area contributed by atoms with Crippen molar-refractivity contribution in [1.29, 1.82) is 0 Å². The van der Waals surface area contributed by atoms with Crippen LogP contribution in [0.4, 0.5) is 26.3 Å². The molecule has 13 heteroatoms. The first-order valence-corrected chi connectivity index (χ1v) is 12.1. The fourth-order valence-corrected chi connectivity index (χ4v) is 5.81. The Bertz CT molecular complexity index is 1140. The van der Waals surface area contributed by atoms with Crippen LogP contribution in [0.2, 0.25) is 0 Å². The number of benzene rings is 2. The summed E-state index contributed by atoms with van der Waals surface area (Å²) in [6.07, 6.45) is -9.12. The summed E-state index contributed by atoms with van der Waals surface area (Å²) >= 11 is 0. The zero-order valence-corrected chi connectivity index (χ0v) is 19.0. The number of alkyl halides is 6. The smallest absolute Gasteiger partial charge is 0.406 e. The third-order valence-corrected chi connectivity index (χ3v) is 7.84. The molecule has 0 amide bonds. The number of nitrogens with zero attached hydrogens (tertiary/aromatic N) is 2. The minimum atomic E-state index is -4.77. The molecule has 4 rings (SSSR count). The van der Waals surface area contributed by atoms with Crippen LogP contribution in [0.15, 0.2) is 53.4 Å². The SMILES string of the molecule is O=S(=O)(c1cccc(C(F)(F)F)c1)N1CCN2C[C@H](OCc3ccc(OC(F)(F)F)cc3)C[C@H]2C1. The van der Waals surface area contributed by atoms with Crippen LogP contribution in [0.5, 0.6) is 5.75 Å². The van der Waals surface area contributed by atoms with Crippen molar-refractivity contribution in [2.75, 3.05) is 26.2 Å². The Morgan fingerprint density at radius 1 is 0.943 bits per heavy atom. The number of fused-ring (bicyclic) bond motifs is 1. The van der Waals surface area contributed by atoms with E-state index in [0.29, 0.717) is 31.1 Å². The number of hydrogen-bond acceptors (Lipinski definition) is 5. The van der Waals surface area contributed by atoms with Crippen molar-refractivity contribution in [1.82, 2.24) is 9.21 Å². The molecule has 2 aliphatic rings. The predicted octanol–water partition coefficient (Wildman–Crippen LogP) is 4.27. The van der Waals surface area contributed by atoms with E-state index >= 15 is 0 Å². The van der Waals surface area contributed by atoms with Crippen LogP contribution in [0.25, 0.3) is 0 Å². The Kier molecular flexibility index (Phi) is 7.06. The second-order valence-corrected chi connectivity index (χ2v) is 10.3. The van der Waals surface area contributed by atoms with E-state index in [1.54, 1.807) is 0 Å². The fourth-order valence-electron chi connectivity index (χ4n) is 4.29. The summed E-state index contributed by atoms with van der Waals surface area (Å²) in [6, 6.07) is 8.87. The maximum atomic E-state index is 13.0. The minimum absolute atomic E-state index is 0.127. The Hall–Kier alpha value is -2.35. The normalized spacial score (nSPS) is 22.2. The average Bonchev–Trinajstić information content (AvgIpc) is 3.19. The first-order chi connectivity index (χ1) is 16.3. The third kappa shape index (κ3) is 6.26. The molecular formula is C22H22F6N2O4S. The highest BCUT2D eigenvalue weighted by molar-refractivity contribution is 7.89. The lowest BCUT2D eigenvalue weighted by Gasteiger charge is -2.36. The van der Waals surface area contributed by atoms with E-state index < -0.39 is 33.0 Å². The van der Waals surface area contributed by atoms with Gasteiger partial charge in [-0.25, -0.2) is 8.42 Å². The standard InChI is InChI=1S/C22H22F6N2O4S/c23-21(24,25)16-2-1-3-20(10-16)35(31,32)30-9-8-29-13-19(11-17(29)12-30)33-14-15-4-6-18(7-5-15)34-22(26,27)28/h1-7,10,17,19H,8-9,11-14H2/t17-,19+/m0/s1. The molecule has 6 nitrogen and oxygen atoms in total. The molecular weight excluding hydrogens is 502 g/mol. The van der Waals surface area contributed by atoms with Crippen LogP contribution in [0.3, 0.4) is 0 Å². The van der Waals surface area contributed by atoms with Crippen LogP contribution >= 0.6 is 0 Å². The molecule has 192 valence electrons. The molecule has 0 aliphatic carbocycles. The summed E-state index contributed by atoms with van der Waals surface area (Å²) in [7, 11) is -4.10. The lowest BCUT2D eigenvalue weighted by Crippen LogP contribution is -2.51. The van der Waals surface area contributed by atoms with Crippen LogP contribution in [0, 0.1) is 0 Å². The first kappa shape index (κ1) is 25.7. The molecule has 0 unspecified atom stereocenters. The van der Waals surface area contributed by atoms with Gasteiger partial charge in [0.1, 0.15) is 5.75 Å². The van der Waals surface area contributed by atoms with Crippen molar-refractivity contribution >= 4 is 10.0 Å². The van der Waals surface area contributed by atoms with E-state index in [4.69, 9.17) is 4.74 Å². The molecule has 0 spiro atoms. The Morgan fingerprint density at radius 2 is 1.66 bits per heavy atom. The van der Waals surface area contributed by atoms with Crippen molar-refractivity contribution in [3.63, 3.8) is 0 Å². The van der Waals surface area contributed by atoms with Crippen molar-refractivity contribution in [3.8, 4) is 5.75 Å². The quantitative estimate of drug-likeness (QED) is 0.529. The molecule has 35 heavy (non-hydrogen) atoms. The van der Waals surface area contributed by atoms with Crippen molar-refractivity contribution < 1.29 is 44.2 Å². The van der Waals surface area contributed by atoms with Gasteiger partial charge in [0, 0.05) is 32.2 Å². The van der Waals surface area contributed by atoms with Crippen LogP contribution < -0.4 is 4.74 Å². The molecule has 0 saturated carbocycles. The summed E-state index contributed by atoms with van der Waals surface area (Å²) in [5.41, 5.74) is -0.373. The van der Waals surface area contributed by atoms with Crippen LogP contribution in [-0.2, 0) is 27.5 Å². The van der Waals surface area contributed by atoms with Gasteiger partial charge in [-0.05, 0) is 42.3 Å². The molecule has 2 atom stereocenters.